The second-order valence-electron chi connectivity index (χ2n) is 11.2. The molecule has 0 saturated heterocycles. The third kappa shape index (κ3) is 22.2. The molecule has 0 fully saturated rings. The molecule has 0 bridgehead atoms. The first-order chi connectivity index (χ1) is 16.3. The summed E-state index contributed by atoms with van der Waals surface area (Å²) in [5, 5.41) is 0. The van der Waals surface area contributed by atoms with Gasteiger partial charge in [0, 0.05) is 0 Å². The van der Waals surface area contributed by atoms with Crippen LogP contribution in [-0.2, 0) is 14.1 Å². The van der Waals surface area contributed by atoms with Crippen molar-refractivity contribution in [2.75, 3.05) is 34.3 Å². The quantitative estimate of drug-likeness (QED) is 0.0676. The average molecular weight is 502 g/mol. The molecule has 5 heteroatoms. The molecule has 0 rings (SSSR count). The Morgan fingerprint density at radius 2 is 0.882 bits per heavy atom. The van der Waals surface area contributed by atoms with Gasteiger partial charge < -0.3 is 0 Å². The summed E-state index contributed by atoms with van der Waals surface area (Å²) >= 11 is 0. The van der Waals surface area contributed by atoms with Crippen molar-refractivity contribution in [1.29, 1.82) is 0 Å². The Labute approximate surface area is 214 Å². The third-order valence-corrected chi connectivity index (χ3v) is 8.54. The molecule has 34 heavy (non-hydrogen) atoms. The van der Waals surface area contributed by atoms with Gasteiger partial charge in [-0.05, 0) is 0 Å². The number of hydrogen-bond acceptors (Lipinski definition) is 3. The van der Waals surface area contributed by atoms with Crippen LogP contribution in [0.5, 0.6) is 0 Å². The van der Waals surface area contributed by atoms with Gasteiger partial charge in [-0.3, -0.25) is 0 Å². The fourth-order valence-corrected chi connectivity index (χ4v) is 5.89. The molecule has 0 aliphatic rings. The van der Waals surface area contributed by atoms with Gasteiger partial charge in [-0.15, -0.1) is 0 Å². The minimum absolute atomic E-state index is 0.107. The summed E-state index contributed by atoms with van der Waals surface area (Å²) in [6.45, 7) is 5.83. The fraction of sp³-hybridized carbons (Fsp3) is 0.931. The van der Waals surface area contributed by atoms with Crippen LogP contribution in [0, 0.1) is 0 Å². The molecule has 0 spiro atoms. The monoisotopic (exact) mass is 501 g/mol. The van der Waals surface area contributed by atoms with Crippen LogP contribution < -0.4 is 0 Å². The van der Waals surface area contributed by atoms with Crippen molar-refractivity contribution >= 4 is 19.2 Å². The van der Waals surface area contributed by atoms with E-state index in [4.69, 9.17) is 4.52 Å². The normalized spacial score (nSPS) is 12.2. The van der Waals surface area contributed by atoms with Crippen molar-refractivity contribution in [1.82, 2.24) is 0 Å². The molecule has 0 N–H and O–H groups in total. The third-order valence-electron chi connectivity index (χ3n) is 6.53. The van der Waals surface area contributed by atoms with E-state index >= 15 is 0 Å². The van der Waals surface area contributed by atoms with Crippen molar-refractivity contribution in [3.63, 3.8) is 0 Å². The zero-order chi connectivity index (χ0) is 25.5. The maximum atomic E-state index is 12.9. The molecule has 0 aromatic rings. The van der Waals surface area contributed by atoms with Gasteiger partial charge in [-0.25, -0.2) is 0 Å². The molecule has 0 aromatic carbocycles. The first-order valence-electron chi connectivity index (χ1n) is 14.7. The van der Waals surface area contributed by atoms with Crippen molar-refractivity contribution in [3.8, 4) is 0 Å². The number of quaternary nitrogens is 1. The molecule has 0 amide bonds. The summed E-state index contributed by atoms with van der Waals surface area (Å²) in [5.74, 6) is 0. The van der Waals surface area contributed by atoms with Crippen molar-refractivity contribution in [2.45, 2.75) is 142 Å². The van der Waals surface area contributed by atoms with E-state index in [2.05, 4.69) is 35.0 Å². The van der Waals surface area contributed by atoms with Gasteiger partial charge in [0.05, 0.1) is 0 Å². The summed E-state index contributed by atoms with van der Waals surface area (Å²) in [5.41, 5.74) is 0.213. The van der Waals surface area contributed by atoms with E-state index in [1.165, 1.54) is 89.9 Å². The van der Waals surface area contributed by atoms with E-state index in [1.54, 1.807) is 0 Å². The SMILES string of the molecule is CCCCCCCCCCCC(=O)[PH-](OCC[N+](C)(C)C)C(=O)CCCCCCCCCCC. The molecule has 0 saturated carbocycles. The molecule has 0 unspecified atom stereocenters. The predicted octanol–water partition coefficient (Wildman–Crippen LogP) is 8.73. The van der Waals surface area contributed by atoms with Crippen LogP contribution in [0.1, 0.15) is 142 Å². The van der Waals surface area contributed by atoms with Crippen LogP contribution in [0.25, 0.3) is 0 Å². The number of carbonyl (C=O) groups excluding carboxylic acids is 2. The number of unbranched alkanes of at least 4 members (excludes halogenated alkanes) is 16. The summed E-state index contributed by atoms with van der Waals surface area (Å²) < 4.78 is 6.78. The average Bonchev–Trinajstić information content (AvgIpc) is 2.78. The molecule has 4 nitrogen and oxygen atoms in total. The van der Waals surface area contributed by atoms with Crippen LogP contribution >= 0.6 is 8.15 Å². The van der Waals surface area contributed by atoms with E-state index in [0.29, 0.717) is 19.4 Å². The molecule has 0 aliphatic carbocycles. The van der Waals surface area contributed by atoms with Crippen molar-refractivity contribution < 1.29 is 18.6 Å². The summed E-state index contributed by atoms with van der Waals surface area (Å²) in [4.78, 5) is 25.8. The number of hydrogen-bond donors (Lipinski definition) is 0. The Morgan fingerprint density at radius 3 is 1.21 bits per heavy atom. The molecule has 0 aromatic heterocycles. The van der Waals surface area contributed by atoms with Gasteiger partial charge in [0.25, 0.3) is 0 Å². The Balaban J connectivity index is 4.23. The summed E-state index contributed by atoms with van der Waals surface area (Å²) in [6, 6.07) is 0. The topological polar surface area (TPSA) is 43.4 Å². The first-order valence-corrected chi connectivity index (χ1v) is 16.1. The second-order valence-corrected chi connectivity index (χ2v) is 13.3. The Morgan fingerprint density at radius 1 is 0.559 bits per heavy atom. The number of rotatable bonds is 26. The van der Waals surface area contributed by atoms with E-state index in [-0.39, 0.29) is 11.0 Å². The van der Waals surface area contributed by atoms with E-state index in [9.17, 15) is 9.59 Å². The van der Waals surface area contributed by atoms with E-state index in [0.717, 1.165) is 36.7 Å². The summed E-state index contributed by atoms with van der Waals surface area (Å²) in [6.07, 6.45) is 23.3. The molecule has 0 aliphatic heterocycles. The zero-order valence-corrected chi connectivity index (χ0v) is 24.7. The Kier molecular flexibility index (Phi) is 22.9. The van der Waals surface area contributed by atoms with Gasteiger partial charge in [0.15, 0.2) is 0 Å². The van der Waals surface area contributed by atoms with Crippen LogP contribution in [0.3, 0.4) is 0 Å². The van der Waals surface area contributed by atoms with Crippen molar-refractivity contribution in [2.24, 2.45) is 0 Å². The van der Waals surface area contributed by atoms with Gasteiger partial charge in [0.2, 0.25) is 0 Å². The van der Waals surface area contributed by atoms with E-state index < -0.39 is 8.15 Å². The van der Waals surface area contributed by atoms with Crippen LogP contribution in [0.15, 0.2) is 0 Å². The van der Waals surface area contributed by atoms with Crippen LogP contribution in [0.4, 0.5) is 0 Å². The Hall–Kier alpha value is -0.310. The predicted molar refractivity (Wildman–Crippen MR) is 151 cm³/mol. The zero-order valence-electron chi connectivity index (χ0n) is 23.7. The maximum absolute atomic E-state index is 12.9. The van der Waals surface area contributed by atoms with E-state index in [1.807, 2.05) is 0 Å². The number of carbonyl (C=O) groups is 2. The van der Waals surface area contributed by atoms with Crippen molar-refractivity contribution in [3.05, 3.63) is 0 Å². The molecular formula is C29H60NO3P. The summed E-state index contributed by atoms with van der Waals surface area (Å²) in [7, 11) is 4.32. The number of nitrogens with zero attached hydrogens (tertiary/aromatic N) is 1. The number of likely N-dealkylation sites (N-methyl/N-ethyl adjacent to an activating group) is 1. The molecule has 0 heterocycles. The van der Waals surface area contributed by atoms with Gasteiger partial charge >= 0.3 is 214 Å². The second kappa shape index (κ2) is 23.1. The minimum atomic E-state index is -2.02. The van der Waals surface area contributed by atoms with Gasteiger partial charge in [-0.1, -0.05) is 0 Å². The Bertz CT molecular complexity index is 456. The first kappa shape index (κ1) is 33.7. The van der Waals surface area contributed by atoms with Crippen LogP contribution in [0.2, 0.25) is 0 Å². The molecule has 0 radical (unpaired) electrons. The molecular weight excluding hydrogens is 441 g/mol. The van der Waals surface area contributed by atoms with Gasteiger partial charge in [0.1, 0.15) is 0 Å². The fourth-order valence-electron chi connectivity index (χ4n) is 4.16. The molecule has 0 atom stereocenters. The van der Waals surface area contributed by atoms with Crippen LogP contribution in [-0.4, -0.2) is 49.8 Å². The standard InChI is InChI=1S/C29H60NO3P/c1-6-8-10-12-14-16-18-20-22-24-28(31)34(33-27-26-30(3,4)5)29(32)25-23-21-19-17-15-13-11-9-7-2/h34H,6-27H2,1-5H3. The molecule has 204 valence electrons. The van der Waals surface area contributed by atoms with Gasteiger partial charge in [-0.2, -0.15) is 0 Å².